The first-order valence-corrected chi connectivity index (χ1v) is 26.1. The molecule has 2 fully saturated rings. The van der Waals surface area contributed by atoms with E-state index in [2.05, 4.69) is 25.7 Å². The summed E-state index contributed by atoms with van der Waals surface area (Å²) in [4.78, 5) is 62.2. The zero-order valence-corrected chi connectivity index (χ0v) is 42.2. The van der Waals surface area contributed by atoms with E-state index in [1.807, 2.05) is 112 Å². The number of hydrogen-bond acceptors (Lipinski definition) is 10. The van der Waals surface area contributed by atoms with Crippen LogP contribution in [-0.2, 0) is 59.8 Å². The molecule has 71 heavy (non-hydrogen) atoms. The number of nitrogens with one attached hydrogen (secondary N) is 4. The minimum Gasteiger partial charge on any atom is -0.487 e. The van der Waals surface area contributed by atoms with Crippen LogP contribution in [0, 0.1) is 20.8 Å². The first-order chi connectivity index (χ1) is 33.9. The molecular formula is C54H69N7O9S. The van der Waals surface area contributed by atoms with E-state index in [1.54, 1.807) is 13.8 Å². The van der Waals surface area contributed by atoms with Gasteiger partial charge in [-0.15, -0.1) is 0 Å². The summed E-state index contributed by atoms with van der Waals surface area (Å²) in [5.74, 6) is -1.66. The van der Waals surface area contributed by atoms with E-state index in [0.29, 0.717) is 36.1 Å². The van der Waals surface area contributed by atoms with Crippen molar-refractivity contribution in [2.75, 3.05) is 13.1 Å². The summed E-state index contributed by atoms with van der Waals surface area (Å²) in [7, 11) is -4.17. The molecule has 17 heteroatoms. The highest BCUT2D eigenvalue weighted by atomic mass is 32.2. The van der Waals surface area contributed by atoms with Gasteiger partial charge in [-0.2, -0.15) is 0 Å². The third-order valence-electron chi connectivity index (χ3n) is 13.5. The van der Waals surface area contributed by atoms with Gasteiger partial charge in [0.05, 0.1) is 23.6 Å². The van der Waals surface area contributed by atoms with Crippen molar-refractivity contribution in [1.82, 2.24) is 25.6 Å². The minimum atomic E-state index is -4.17. The Morgan fingerprint density at radius 1 is 0.859 bits per heavy atom. The number of aryl methyl sites for hydroxylation is 2. The predicted octanol–water partition coefficient (Wildman–Crippen LogP) is 4.76. The summed E-state index contributed by atoms with van der Waals surface area (Å²) in [6.07, 6.45) is 1.57. The number of fused-ring (bicyclic) bond motifs is 1. The van der Waals surface area contributed by atoms with Crippen molar-refractivity contribution in [3.05, 3.63) is 130 Å². The molecule has 4 amide bonds. The third kappa shape index (κ3) is 14.0. The molecule has 1 aliphatic carbocycles. The SMILES string of the molecule is Cc1c(C)c(S(=O)(=O)NC(N)=NCCC[C@H](NC(=O)[C@@H]2C[C@@H](OCc3ccccc3)CN2C(=O)[C@H](CCc2ccccc2)NC(=O)CCc2ccccc2)C(O)C(=O)NC2CC2)c(C)c2c1OC(C)(C)C2. The highest BCUT2D eigenvalue weighted by Gasteiger charge is 2.44. The van der Waals surface area contributed by atoms with E-state index >= 15 is 0 Å². The lowest BCUT2D eigenvalue weighted by atomic mass is 9.94. The predicted molar refractivity (Wildman–Crippen MR) is 271 cm³/mol. The maximum Gasteiger partial charge on any atom is 0.264 e. The molecule has 0 radical (unpaired) electrons. The number of nitrogens with two attached hydrogens (primary N) is 1. The Kier molecular flexibility index (Phi) is 17.2. The first-order valence-electron chi connectivity index (χ1n) is 24.7. The standard InChI is InChI=1S/C54H69N7O9S/c1-34-35(2)49(36(3)42-31-54(4,5)70-48(34)42)71(67,68)60-53(55)56-29-15-22-43(47(63)51(65)57-40-25-26-40)59-50(64)45-30-41(69-33-39-20-13-8-14-21-39)32-61(45)52(66)44(27-23-37-16-9-6-10-17-37)58-46(62)28-24-38-18-11-7-12-19-38/h6-14,16-21,40-41,43-45,47,63H,15,22-33H2,1-5H3,(H,57,65)(H,58,62)(H,59,64)(H3,55,56,60)/t41-,43+,44+,45+,47?/m1/s1. The number of aliphatic hydroxyl groups is 1. The fraction of sp³-hybridized carbons (Fsp3) is 0.463. The monoisotopic (exact) mass is 991 g/mol. The van der Waals surface area contributed by atoms with E-state index in [-0.39, 0.29) is 74.6 Å². The highest BCUT2D eigenvalue weighted by Crippen LogP contribution is 2.43. The molecule has 2 aliphatic heterocycles. The van der Waals surface area contributed by atoms with Crippen molar-refractivity contribution in [2.24, 2.45) is 10.7 Å². The van der Waals surface area contributed by atoms with Gasteiger partial charge in [0, 0.05) is 44.0 Å². The van der Waals surface area contributed by atoms with Crippen LogP contribution in [0.2, 0.25) is 0 Å². The Balaban J connectivity index is 1.07. The molecule has 7 N–H and O–H groups in total. The smallest absolute Gasteiger partial charge is 0.264 e. The van der Waals surface area contributed by atoms with Crippen LogP contribution in [0.25, 0.3) is 0 Å². The third-order valence-corrected chi connectivity index (χ3v) is 15.1. The molecule has 1 saturated carbocycles. The second-order valence-electron chi connectivity index (χ2n) is 19.7. The number of sulfonamides is 1. The number of carbonyl (C=O) groups is 4. The van der Waals surface area contributed by atoms with E-state index < -0.39 is 63.7 Å². The maximum absolute atomic E-state index is 14.8. The van der Waals surface area contributed by atoms with Crippen LogP contribution in [0.5, 0.6) is 5.75 Å². The zero-order valence-electron chi connectivity index (χ0n) is 41.4. The Bertz CT molecular complexity index is 2660. The van der Waals surface area contributed by atoms with Crippen LogP contribution in [0.3, 0.4) is 0 Å². The fourth-order valence-corrected chi connectivity index (χ4v) is 11.0. The van der Waals surface area contributed by atoms with E-state index in [4.69, 9.17) is 15.2 Å². The van der Waals surface area contributed by atoms with Crippen molar-refractivity contribution < 1.29 is 42.2 Å². The first kappa shape index (κ1) is 52.5. The van der Waals surface area contributed by atoms with Gasteiger partial charge in [0.1, 0.15) is 23.4 Å². The number of carbonyl (C=O) groups excluding carboxylic acids is 4. The van der Waals surface area contributed by atoms with E-state index in [9.17, 15) is 32.7 Å². The summed E-state index contributed by atoms with van der Waals surface area (Å²) < 4.78 is 42.6. The van der Waals surface area contributed by atoms with Gasteiger partial charge < -0.3 is 41.2 Å². The number of nitrogens with zero attached hydrogens (tertiary/aromatic N) is 2. The molecule has 16 nitrogen and oxygen atoms in total. The molecule has 5 atom stereocenters. The maximum atomic E-state index is 14.8. The molecule has 7 rings (SSSR count). The van der Waals surface area contributed by atoms with E-state index in [1.165, 1.54) is 4.90 Å². The number of likely N-dealkylation sites (tertiary alicyclic amines) is 1. The lowest BCUT2D eigenvalue weighted by Gasteiger charge is -2.31. The fourth-order valence-electron chi connectivity index (χ4n) is 9.45. The number of aliphatic imine (C=N–C) groups is 1. The quantitative estimate of drug-likeness (QED) is 0.0359. The highest BCUT2D eigenvalue weighted by molar-refractivity contribution is 7.90. The summed E-state index contributed by atoms with van der Waals surface area (Å²) in [5.41, 5.74) is 11.3. The molecule has 0 spiro atoms. The number of amides is 4. The van der Waals surface area contributed by atoms with Gasteiger partial charge in [-0.3, -0.25) is 24.2 Å². The van der Waals surface area contributed by atoms with Crippen molar-refractivity contribution >= 4 is 39.6 Å². The molecule has 0 bridgehead atoms. The molecule has 2 heterocycles. The zero-order chi connectivity index (χ0) is 50.9. The Hall–Kier alpha value is -6.30. The van der Waals surface area contributed by atoms with Crippen LogP contribution in [0.1, 0.15) is 97.7 Å². The van der Waals surface area contributed by atoms with Gasteiger partial charge in [-0.05, 0) is 113 Å². The van der Waals surface area contributed by atoms with Crippen molar-refractivity contribution in [2.45, 2.75) is 152 Å². The molecule has 3 aliphatic rings. The van der Waals surface area contributed by atoms with Crippen molar-refractivity contribution in [3.63, 3.8) is 0 Å². The summed E-state index contributed by atoms with van der Waals surface area (Å²) >= 11 is 0. The number of rotatable bonds is 22. The van der Waals surface area contributed by atoms with Gasteiger partial charge in [0.2, 0.25) is 23.7 Å². The second kappa shape index (κ2) is 23.3. The minimum absolute atomic E-state index is 0.0165. The molecule has 1 saturated heterocycles. The molecule has 4 aromatic rings. The van der Waals surface area contributed by atoms with Crippen LogP contribution >= 0.6 is 0 Å². The lowest BCUT2D eigenvalue weighted by Crippen LogP contribution is -2.57. The van der Waals surface area contributed by atoms with Crippen LogP contribution in [0.15, 0.2) is 101 Å². The summed E-state index contributed by atoms with van der Waals surface area (Å²) in [5, 5.41) is 20.2. The van der Waals surface area contributed by atoms with Gasteiger partial charge in [0.15, 0.2) is 6.10 Å². The average molecular weight is 992 g/mol. The van der Waals surface area contributed by atoms with Gasteiger partial charge in [0.25, 0.3) is 15.9 Å². The van der Waals surface area contributed by atoms with Crippen molar-refractivity contribution in [3.8, 4) is 5.75 Å². The van der Waals surface area contributed by atoms with Gasteiger partial charge in [-0.1, -0.05) is 91.0 Å². The molecule has 4 aromatic carbocycles. The largest absolute Gasteiger partial charge is 0.487 e. The molecule has 1 unspecified atom stereocenters. The van der Waals surface area contributed by atoms with Crippen LogP contribution < -0.4 is 31.1 Å². The topological polar surface area (TPSA) is 231 Å². The normalized spacial score (nSPS) is 18.7. The Morgan fingerprint density at radius 2 is 1.48 bits per heavy atom. The second-order valence-corrected chi connectivity index (χ2v) is 21.3. The molecule has 380 valence electrons. The summed E-state index contributed by atoms with van der Waals surface area (Å²) in [6.45, 7) is 9.50. The number of ether oxygens (including phenoxy) is 2. The summed E-state index contributed by atoms with van der Waals surface area (Å²) in [6, 6.07) is 25.5. The number of guanidine groups is 1. The Morgan fingerprint density at radius 3 is 2.11 bits per heavy atom. The van der Waals surface area contributed by atoms with Gasteiger partial charge in [-0.25, -0.2) is 13.1 Å². The van der Waals surface area contributed by atoms with Gasteiger partial charge >= 0.3 is 0 Å². The molecule has 0 aromatic heterocycles. The molecular weight excluding hydrogens is 923 g/mol. The van der Waals surface area contributed by atoms with Crippen molar-refractivity contribution in [1.29, 1.82) is 0 Å². The number of hydrogen-bond donors (Lipinski definition) is 6. The number of aliphatic hydroxyl groups excluding tert-OH is 1. The van der Waals surface area contributed by atoms with Crippen LogP contribution in [0.4, 0.5) is 0 Å². The average Bonchev–Trinajstić information content (AvgIpc) is 3.95. The van der Waals surface area contributed by atoms with E-state index in [0.717, 1.165) is 40.7 Å². The lowest BCUT2D eigenvalue weighted by molar-refractivity contribution is -0.142. The Labute approximate surface area is 417 Å². The number of benzene rings is 4. The van der Waals surface area contributed by atoms with Crippen LogP contribution in [-0.4, -0.2) is 103 Å².